The molecule has 5 nitrogen and oxygen atoms in total. The molecule has 0 heterocycles. The average molecular weight is 381 g/mol. The van der Waals surface area contributed by atoms with Crippen LogP contribution in [0.25, 0.3) is 0 Å². The van der Waals surface area contributed by atoms with Crippen molar-refractivity contribution in [3.63, 3.8) is 0 Å². The van der Waals surface area contributed by atoms with Gasteiger partial charge in [-0.05, 0) is 50.1 Å². The Labute approximate surface area is 154 Å². The highest BCUT2D eigenvalue weighted by atomic mass is 19.2. The predicted octanol–water partition coefficient (Wildman–Crippen LogP) is 3.67. The minimum atomic E-state index is -1.71. The summed E-state index contributed by atoms with van der Waals surface area (Å²) in [6, 6.07) is 7.02. The molecule has 0 aromatic heterocycles. The van der Waals surface area contributed by atoms with Crippen molar-refractivity contribution in [3.8, 4) is 5.75 Å². The summed E-state index contributed by atoms with van der Waals surface area (Å²) < 4.78 is 49.9. The van der Waals surface area contributed by atoms with Crippen molar-refractivity contribution >= 4 is 17.6 Å². The second-order valence-electron chi connectivity index (χ2n) is 5.90. The maximum Gasteiger partial charge on any atom is 0.344 e. The van der Waals surface area contributed by atoms with Gasteiger partial charge in [0.1, 0.15) is 5.75 Å². The summed E-state index contributed by atoms with van der Waals surface area (Å²) in [7, 11) is 0. The fraction of sp³-hybridized carbons (Fsp3) is 0.263. The van der Waals surface area contributed by atoms with Crippen molar-refractivity contribution in [2.24, 2.45) is 0 Å². The van der Waals surface area contributed by atoms with Crippen LogP contribution >= 0.6 is 0 Å². The molecule has 0 saturated heterocycles. The van der Waals surface area contributed by atoms with Gasteiger partial charge < -0.3 is 14.8 Å². The van der Waals surface area contributed by atoms with E-state index in [9.17, 15) is 22.8 Å². The molecule has 27 heavy (non-hydrogen) atoms. The number of esters is 1. The molecule has 0 aliphatic heterocycles. The molecule has 0 radical (unpaired) electrons. The van der Waals surface area contributed by atoms with Crippen LogP contribution in [0, 0.1) is 31.3 Å². The molecule has 0 spiro atoms. The Balaban J connectivity index is 1.91. The molecule has 1 amide bonds. The Morgan fingerprint density at radius 2 is 1.78 bits per heavy atom. The largest absolute Gasteiger partial charge is 0.482 e. The first-order valence-electron chi connectivity index (χ1n) is 8.03. The number of halogens is 3. The minimum absolute atomic E-state index is 0.429. The third-order valence-corrected chi connectivity index (χ3v) is 3.66. The van der Waals surface area contributed by atoms with E-state index < -0.39 is 47.7 Å². The Morgan fingerprint density at radius 3 is 2.48 bits per heavy atom. The van der Waals surface area contributed by atoms with Gasteiger partial charge in [0.15, 0.2) is 30.2 Å². The SMILES string of the molecule is Cc1ccc(C)c(OCC(=O)O[C@@H](C)C(=O)Nc2ccc(F)c(F)c2F)c1. The predicted molar refractivity (Wildman–Crippen MR) is 91.9 cm³/mol. The van der Waals surface area contributed by atoms with E-state index in [4.69, 9.17) is 9.47 Å². The average Bonchev–Trinajstić information content (AvgIpc) is 2.62. The molecule has 2 aromatic rings. The highest BCUT2D eigenvalue weighted by molar-refractivity contribution is 5.95. The fourth-order valence-corrected chi connectivity index (χ4v) is 2.14. The summed E-state index contributed by atoms with van der Waals surface area (Å²) >= 11 is 0. The second-order valence-corrected chi connectivity index (χ2v) is 5.90. The van der Waals surface area contributed by atoms with Gasteiger partial charge in [0, 0.05) is 0 Å². The Kier molecular flexibility index (Phi) is 6.44. The number of aryl methyl sites for hydroxylation is 2. The standard InChI is InChI=1S/C19H18F3NO4/c1-10-4-5-11(2)15(8-10)26-9-16(24)27-12(3)19(25)23-14-7-6-13(20)17(21)18(14)22/h4-8,12H,9H2,1-3H3,(H,23,25)/t12-/m0/s1. The molecule has 0 saturated carbocycles. The van der Waals surface area contributed by atoms with Gasteiger partial charge in [-0.25, -0.2) is 18.0 Å². The first-order valence-corrected chi connectivity index (χ1v) is 8.03. The van der Waals surface area contributed by atoms with Crippen LogP contribution in [-0.2, 0) is 14.3 Å². The molecule has 0 fully saturated rings. The van der Waals surface area contributed by atoms with E-state index in [0.29, 0.717) is 11.8 Å². The summed E-state index contributed by atoms with van der Waals surface area (Å²) in [6.45, 7) is 4.51. The zero-order chi connectivity index (χ0) is 20.1. The first kappa shape index (κ1) is 20.3. The van der Waals surface area contributed by atoms with E-state index in [1.165, 1.54) is 6.92 Å². The van der Waals surface area contributed by atoms with Gasteiger partial charge in [0.05, 0.1) is 5.69 Å². The topological polar surface area (TPSA) is 64.6 Å². The summed E-state index contributed by atoms with van der Waals surface area (Å²) in [5, 5.41) is 2.04. The van der Waals surface area contributed by atoms with Crippen LogP contribution in [0.3, 0.4) is 0 Å². The monoisotopic (exact) mass is 381 g/mol. The van der Waals surface area contributed by atoms with Crippen LogP contribution in [0.5, 0.6) is 5.75 Å². The van der Waals surface area contributed by atoms with Crippen molar-refractivity contribution in [1.29, 1.82) is 0 Å². The van der Waals surface area contributed by atoms with Crippen LogP contribution in [-0.4, -0.2) is 24.6 Å². The number of hydrogen-bond donors (Lipinski definition) is 1. The maximum atomic E-state index is 13.6. The number of ether oxygens (including phenoxy) is 2. The smallest absolute Gasteiger partial charge is 0.344 e. The van der Waals surface area contributed by atoms with Gasteiger partial charge >= 0.3 is 5.97 Å². The lowest BCUT2D eigenvalue weighted by atomic mass is 10.1. The molecule has 8 heteroatoms. The molecule has 0 bridgehead atoms. The van der Waals surface area contributed by atoms with Crippen LogP contribution in [0.1, 0.15) is 18.1 Å². The number of anilines is 1. The third kappa shape index (κ3) is 5.22. The number of hydrogen-bond acceptors (Lipinski definition) is 4. The Bertz CT molecular complexity index is 870. The van der Waals surface area contributed by atoms with Crippen molar-refractivity contribution in [3.05, 3.63) is 58.9 Å². The molecule has 1 N–H and O–H groups in total. The molecular weight excluding hydrogens is 363 g/mol. The number of rotatable bonds is 6. The van der Waals surface area contributed by atoms with E-state index in [1.54, 1.807) is 6.07 Å². The lowest BCUT2D eigenvalue weighted by Crippen LogP contribution is -2.32. The molecule has 1 atom stereocenters. The van der Waals surface area contributed by atoms with E-state index in [1.807, 2.05) is 31.3 Å². The molecular formula is C19H18F3NO4. The Hall–Kier alpha value is -3.03. The Morgan fingerprint density at radius 1 is 1.07 bits per heavy atom. The maximum absolute atomic E-state index is 13.6. The van der Waals surface area contributed by atoms with Crippen molar-refractivity contribution in [2.45, 2.75) is 26.9 Å². The van der Waals surface area contributed by atoms with Gasteiger partial charge in [-0.1, -0.05) is 12.1 Å². The van der Waals surface area contributed by atoms with Crippen LogP contribution in [0.15, 0.2) is 30.3 Å². The van der Waals surface area contributed by atoms with Crippen molar-refractivity contribution in [1.82, 2.24) is 0 Å². The van der Waals surface area contributed by atoms with Gasteiger partial charge in [-0.3, -0.25) is 4.79 Å². The van der Waals surface area contributed by atoms with Gasteiger partial charge in [-0.2, -0.15) is 0 Å². The number of nitrogens with one attached hydrogen (secondary N) is 1. The van der Waals surface area contributed by atoms with Gasteiger partial charge in [0.25, 0.3) is 5.91 Å². The van der Waals surface area contributed by atoms with Gasteiger partial charge in [0.2, 0.25) is 0 Å². The van der Waals surface area contributed by atoms with E-state index in [2.05, 4.69) is 0 Å². The van der Waals surface area contributed by atoms with Crippen LogP contribution in [0.4, 0.5) is 18.9 Å². The van der Waals surface area contributed by atoms with Crippen molar-refractivity contribution < 1.29 is 32.2 Å². The normalized spacial score (nSPS) is 11.6. The van der Waals surface area contributed by atoms with E-state index in [-0.39, 0.29) is 0 Å². The zero-order valence-electron chi connectivity index (χ0n) is 14.9. The van der Waals surface area contributed by atoms with Crippen molar-refractivity contribution in [2.75, 3.05) is 11.9 Å². The molecule has 0 aliphatic rings. The molecule has 144 valence electrons. The van der Waals surface area contributed by atoms with E-state index in [0.717, 1.165) is 17.2 Å². The summed E-state index contributed by atoms with van der Waals surface area (Å²) in [4.78, 5) is 23.8. The molecule has 0 aliphatic carbocycles. The van der Waals surface area contributed by atoms with E-state index >= 15 is 0 Å². The summed E-state index contributed by atoms with van der Waals surface area (Å²) in [6.07, 6.45) is -1.30. The van der Waals surface area contributed by atoms with Crippen LogP contribution < -0.4 is 10.1 Å². The quantitative estimate of drug-likeness (QED) is 0.613. The number of amides is 1. The number of carbonyl (C=O) groups is 2. The summed E-state index contributed by atoms with van der Waals surface area (Å²) in [5.41, 5.74) is 1.21. The molecule has 0 unspecified atom stereocenters. The van der Waals surface area contributed by atoms with Gasteiger partial charge in [-0.15, -0.1) is 0 Å². The second kappa shape index (κ2) is 8.57. The highest BCUT2D eigenvalue weighted by Gasteiger charge is 2.21. The summed E-state index contributed by atoms with van der Waals surface area (Å²) in [5.74, 6) is -5.84. The fourth-order valence-electron chi connectivity index (χ4n) is 2.14. The third-order valence-electron chi connectivity index (χ3n) is 3.66. The molecule has 2 aromatic carbocycles. The lowest BCUT2D eigenvalue weighted by molar-refractivity contribution is -0.155. The lowest BCUT2D eigenvalue weighted by Gasteiger charge is -2.15. The zero-order valence-corrected chi connectivity index (χ0v) is 14.9. The first-order chi connectivity index (χ1) is 12.7. The molecule has 2 rings (SSSR count). The highest BCUT2D eigenvalue weighted by Crippen LogP contribution is 2.20. The minimum Gasteiger partial charge on any atom is -0.482 e. The van der Waals surface area contributed by atoms with Crippen LogP contribution in [0.2, 0.25) is 0 Å². The number of carbonyl (C=O) groups excluding carboxylic acids is 2. The number of benzene rings is 2.